The lowest BCUT2D eigenvalue weighted by atomic mass is 10.0. The van der Waals surface area contributed by atoms with Gasteiger partial charge in [0.2, 0.25) is 0 Å². The van der Waals surface area contributed by atoms with E-state index in [1.165, 1.54) is 0 Å². The zero-order valence-corrected chi connectivity index (χ0v) is 16.5. The van der Waals surface area contributed by atoms with Crippen LogP contribution in [0.4, 0.5) is 5.82 Å². The normalized spacial score (nSPS) is 10.2. The molecule has 0 atom stereocenters. The fourth-order valence-corrected chi connectivity index (χ4v) is 2.98. The van der Waals surface area contributed by atoms with Crippen molar-refractivity contribution in [3.63, 3.8) is 0 Å². The molecule has 5 nitrogen and oxygen atoms in total. The van der Waals surface area contributed by atoms with Crippen molar-refractivity contribution < 1.29 is 14.3 Å². The van der Waals surface area contributed by atoms with Crippen molar-refractivity contribution in [2.24, 2.45) is 0 Å². The summed E-state index contributed by atoms with van der Waals surface area (Å²) in [4.78, 5) is 17.1. The lowest BCUT2D eigenvalue weighted by Crippen LogP contribution is -2.15. The fourth-order valence-electron chi connectivity index (χ4n) is 2.74. The van der Waals surface area contributed by atoms with Gasteiger partial charge >= 0.3 is 0 Å². The molecule has 0 radical (unpaired) electrons. The van der Waals surface area contributed by atoms with E-state index in [2.05, 4.69) is 10.3 Å². The summed E-state index contributed by atoms with van der Waals surface area (Å²) >= 11 is 5.27. The van der Waals surface area contributed by atoms with Crippen LogP contribution >= 0.6 is 12.2 Å². The number of benzene rings is 2. The number of thiocarbonyl (C=S) groups is 1. The molecule has 0 aliphatic rings. The second-order valence-electron chi connectivity index (χ2n) is 6.01. The molecule has 1 aromatic heterocycles. The van der Waals surface area contributed by atoms with E-state index in [0.29, 0.717) is 22.1 Å². The maximum Gasteiger partial charge on any atom is 0.169 e. The molecule has 0 unspecified atom stereocenters. The average molecular weight is 392 g/mol. The maximum absolute atomic E-state index is 12.5. The average Bonchev–Trinajstić information content (AvgIpc) is 2.74. The highest BCUT2D eigenvalue weighted by Crippen LogP contribution is 2.33. The van der Waals surface area contributed by atoms with Gasteiger partial charge in [-0.3, -0.25) is 4.79 Å². The molecule has 0 aliphatic heterocycles. The number of Topliss-reactive ketones (excluding diaryl/α,β-unsaturated/α-hetero) is 1. The molecule has 0 amide bonds. The summed E-state index contributed by atoms with van der Waals surface area (Å²) in [5.74, 6) is 2.00. The van der Waals surface area contributed by atoms with Crippen LogP contribution in [0.15, 0.2) is 66.9 Å². The van der Waals surface area contributed by atoms with Crippen molar-refractivity contribution in [1.29, 1.82) is 0 Å². The first-order valence-electron chi connectivity index (χ1n) is 8.67. The molecule has 3 rings (SSSR count). The van der Waals surface area contributed by atoms with E-state index in [1.807, 2.05) is 42.5 Å². The van der Waals surface area contributed by atoms with E-state index in [0.717, 1.165) is 16.9 Å². The molecule has 0 saturated carbocycles. The van der Waals surface area contributed by atoms with Crippen LogP contribution in [0.5, 0.6) is 11.5 Å². The molecule has 3 aromatic rings. The molecule has 0 spiro atoms. The van der Waals surface area contributed by atoms with E-state index in [4.69, 9.17) is 21.7 Å². The number of hydrogen-bond acceptors (Lipinski definition) is 5. The Morgan fingerprint density at radius 3 is 2.46 bits per heavy atom. The number of carbonyl (C=O) groups excluding carboxylic acids is 1. The van der Waals surface area contributed by atoms with Crippen molar-refractivity contribution in [3.8, 4) is 22.6 Å². The van der Waals surface area contributed by atoms with Gasteiger partial charge in [-0.25, -0.2) is 4.98 Å². The van der Waals surface area contributed by atoms with Crippen LogP contribution in [0.1, 0.15) is 16.8 Å². The fraction of sp³-hybridized carbons (Fsp3) is 0.136. The Morgan fingerprint density at radius 1 is 1.04 bits per heavy atom. The van der Waals surface area contributed by atoms with Crippen molar-refractivity contribution in [2.45, 2.75) is 6.42 Å². The molecule has 28 heavy (non-hydrogen) atoms. The van der Waals surface area contributed by atoms with E-state index in [-0.39, 0.29) is 12.2 Å². The van der Waals surface area contributed by atoms with Gasteiger partial charge in [-0.15, -0.1) is 0 Å². The van der Waals surface area contributed by atoms with Gasteiger partial charge in [0.1, 0.15) is 17.3 Å². The summed E-state index contributed by atoms with van der Waals surface area (Å²) < 4.78 is 10.7. The molecular formula is C22H20N2O3S. The van der Waals surface area contributed by atoms with E-state index in [9.17, 15) is 4.79 Å². The quantitative estimate of drug-likeness (QED) is 0.461. The Bertz CT molecular complexity index is 973. The standard InChI is InChI=1S/C22H20N2O3S/c1-26-17-10-11-18(20(13-17)27-2)15-6-8-16(9-7-15)19(25)14-22(28)24-21-5-3-4-12-23-21/h3-13H,14H2,1-2H3,(H,23,24,28). The Morgan fingerprint density at radius 2 is 1.82 bits per heavy atom. The van der Waals surface area contributed by atoms with Crippen LogP contribution in [-0.2, 0) is 0 Å². The summed E-state index contributed by atoms with van der Waals surface area (Å²) in [6.45, 7) is 0. The van der Waals surface area contributed by atoms with Gasteiger partial charge in [0.25, 0.3) is 0 Å². The zero-order valence-electron chi connectivity index (χ0n) is 15.6. The van der Waals surface area contributed by atoms with E-state index < -0.39 is 0 Å². The molecule has 6 heteroatoms. The Balaban J connectivity index is 1.70. The van der Waals surface area contributed by atoms with E-state index in [1.54, 1.807) is 38.6 Å². The number of carbonyl (C=O) groups is 1. The third-order valence-corrected chi connectivity index (χ3v) is 4.43. The molecule has 1 N–H and O–H groups in total. The summed E-state index contributed by atoms with van der Waals surface area (Å²) in [7, 11) is 3.23. The van der Waals surface area contributed by atoms with Gasteiger partial charge in [-0.1, -0.05) is 42.5 Å². The summed E-state index contributed by atoms with van der Waals surface area (Å²) in [5, 5.41) is 2.98. The third-order valence-electron chi connectivity index (χ3n) is 4.18. The van der Waals surface area contributed by atoms with Gasteiger partial charge in [-0.05, 0) is 29.8 Å². The Kier molecular flexibility index (Phi) is 6.34. The van der Waals surface area contributed by atoms with Crippen LogP contribution in [0.2, 0.25) is 0 Å². The number of nitrogens with zero attached hydrogens (tertiary/aromatic N) is 1. The number of pyridine rings is 1. The predicted molar refractivity (Wildman–Crippen MR) is 114 cm³/mol. The van der Waals surface area contributed by atoms with Gasteiger partial charge < -0.3 is 14.8 Å². The summed E-state index contributed by atoms with van der Waals surface area (Å²) in [5.41, 5.74) is 2.47. The number of anilines is 1. The van der Waals surface area contributed by atoms with Crippen molar-refractivity contribution >= 4 is 28.8 Å². The predicted octanol–water partition coefficient (Wildman–Crippen LogP) is 4.78. The summed E-state index contributed by atoms with van der Waals surface area (Å²) in [6.07, 6.45) is 1.79. The molecule has 0 aliphatic carbocycles. The highest BCUT2D eigenvalue weighted by Gasteiger charge is 2.12. The molecule has 0 bridgehead atoms. The maximum atomic E-state index is 12.5. The molecule has 2 aromatic carbocycles. The number of ether oxygens (including phenoxy) is 2. The first-order valence-corrected chi connectivity index (χ1v) is 9.08. The topological polar surface area (TPSA) is 60.5 Å². The number of rotatable bonds is 7. The first-order chi connectivity index (χ1) is 13.6. The SMILES string of the molecule is COc1ccc(-c2ccc(C(=O)CC(=S)Nc3ccccn3)cc2)c(OC)c1. The molecule has 1 heterocycles. The number of ketones is 1. The van der Waals surface area contributed by atoms with Gasteiger partial charge in [0.15, 0.2) is 5.78 Å². The zero-order chi connectivity index (χ0) is 19.9. The Hall–Kier alpha value is -3.25. The van der Waals surface area contributed by atoms with Crippen LogP contribution in [-0.4, -0.2) is 30.0 Å². The van der Waals surface area contributed by atoms with Gasteiger partial charge in [-0.2, -0.15) is 0 Å². The van der Waals surface area contributed by atoms with Crippen molar-refractivity contribution in [3.05, 3.63) is 72.4 Å². The van der Waals surface area contributed by atoms with Crippen LogP contribution in [0, 0.1) is 0 Å². The smallest absolute Gasteiger partial charge is 0.169 e. The minimum Gasteiger partial charge on any atom is -0.497 e. The second kappa shape index (κ2) is 9.10. The molecular weight excluding hydrogens is 372 g/mol. The minimum atomic E-state index is -0.0540. The van der Waals surface area contributed by atoms with Gasteiger partial charge in [0, 0.05) is 23.4 Å². The lowest BCUT2D eigenvalue weighted by molar-refractivity contribution is 0.100. The van der Waals surface area contributed by atoms with E-state index >= 15 is 0 Å². The van der Waals surface area contributed by atoms with Crippen LogP contribution in [0.3, 0.4) is 0 Å². The van der Waals surface area contributed by atoms with Gasteiger partial charge in [0.05, 0.1) is 25.6 Å². The highest BCUT2D eigenvalue weighted by atomic mass is 32.1. The number of aromatic nitrogens is 1. The highest BCUT2D eigenvalue weighted by molar-refractivity contribution is 7.80. The molecule has 0 saturated heterocycles. The largest absolute Gasteiger partial charge is 0.497 e. The van der Waals surface area contributed by atoms with Crippen LogP contribution < -0.4 is 14.8 Å². The minimum absolute atomic E-state index is 0.0540. The summed E-state index contributed by atoms with van der Waals surface area (Å²) in [6, 6.07) is 18.5. The number of nitrogens with one attached hydrogen (secondary N) is 1. The van der Waals surface area contributed by atoms with Crippen LogP contribution in [0.25, 0.3) is 11.1 Å². The van der Waals surface area contributed by atoms with Crippen molar-refractivity contribution in [2.75, 3.05) is 19.5 Å². The monoisotopic (exact) mass is 392 g/mol. The third kappa shape index (κ3) is 4.72. The lowest BCUT2D eigenvalue weighted by Gasteiger charge is -2.11. The number of hydrogen-bond donors (Lipinski definition) is 1. The Labute approximate surface area is 169 Å². The second-order valence-corrected chi connectivity index (χ2v) is 6.50. The number of methoxy groups -OCH3 is 2. The molecule has 0 fully saturated rings. The molecule has 142 valence electrons. The first kappa shape index (κ1) is 19.5. The van der Waals surface area contributed by atoms with Crippen molar-refractivity contribution in [1.82, 2.24) is 4.98 Å².